The molecule has 0 bridgehead atoms. The first kappa shape index (κ1) is 17.4. The number of nitrogens with one attached hydrogen (secondary N) is 1. The van der Waals surface area contributed by atoms with E-state index in [9.17, 15) is 8.42 Å². The number of furan rings is 1. The van der Waals surface area contributed by atoms with Gasteiger partial charge in [0.05, 0.1) is 11.1 Å². The molecule has 0 aliphatic heterocycles. The third-order valence-electron chi connectivity index (χ3n) is 3.45. The lowest BCUT2D eigenvalue weighted by Crippen LogP contribution is -2.18. The Morgan fingerprint density at radius 2 is 1.68 bits per heavy atom. The van der Waals surface area contributed by atoms with Gasteiger partial charge in [0.1, 0.15) is 11.5 Å². The largest absolute Gasteiger partial charge is 0.455 e. The van der Waals surface area contributed by atoms with Gasteiger partial charge in [-0.3, -0.25) is 0 Å². The van der Waals surface area contributed by atoms with Gasteiger partial charge in [-0.1, -0.05) is 45.8 Å². The monoisotopic (exact) mass is 418 g/mol. The van der Waals surface area contributed by atoms with E-state index >= 15 is 0 Å². The molecule has 5 nitrogen and oxygen atoms in total. The molecule has 1 aromatic heterocycles. The molecule has 7 heteroatoms. The van der Waals surface area contributed by atoms with Crippen molar-refractivity contribution in [2.75, 3.05) is 0 Å². The molecule has 1 heterocycles. The first-order valence-corrected chi connectivity index (χ1v) is 9.69. The number of benzene rings is 2. The summed E-state index contributed by atoms with van der Waals surface area (Å²) in [6, 6.07) is 17.7. The summed E-state index contributed by atoms with van der Waals surface area (Å²) in [5.41, 5.74) is 1.90. The maximum absolute atomic E-state index is 12.1. The van der Waals surface area contributed by atoms with E-state index in [0.717, 1.165) is 15.6 Å². The van der Waals surface area contributed by atoms with Crippen LogP contribution in [0.25, 0.3) is 11.3 Å². The second kappa shape index (κ2) is 7.25. The van der Waals surface area contributed by atoms with Crippen LogP contribution in [-0.2, 0) is 10.0 Å². The summed E-state index contributed by atoms with van der Waals surface area (Å²) in [5, 5.41) is 3.77. The summed E-state index contributed by atoms with van der Waals surface area (Å²) in [6.45, 7) is 1.89. The second-order valence-corrected chi connectivity index (χ2v) is 7.95. The molecule has 0 unspecified atom stereocenters. The molecule has 3 aromatic rings. The third kappa shape index (κ3) is 4.37. The molecule has 2 aromatic carbocycles. The molecule has 0 atom stereocenters. The minimum absolute atomic E-state index is 0.158. The molecule has 1 N–H and O–H groups in total. The van der Waals surface area contributed by atoms with Gasteiger partial charge in [0.2, 0.25) is 0 Å². The Hall–Kier alpha value is -2.38. The van der Waals surface area contributed by atoms with Gasteiger partial charge in [-0.2, -0.15) is 18.4 Å². The molecule has 0 amide bonds. The lowest BCUT2D eigenvalue weighted by atomic mass is 10.2. The molecular formula is C18H15BrN2O3S. The maximum atomic E-state index is 12.1. The van der Waals surface area contributed by atoms with Crippen molar-refractivity contribution < 1.29 is 12.8 Å². The molecule has 0 aliphatic carbocycles. The quantitative estimate of drug-likeness (QED) is 0.494. The van der Waals surface area contributed by atoms with Crippen molar-refractivity contribution in [3.05, 3.63) is 76.5 Å². The maximum Gasteiger partial charge on any atom is 0.276 e. The van der Waals surface area contributed by atoms with Crippen molar-refractivity contribution in [3.8, 4) is 11.3 Å². The Labute approximate surface area is 154 Å². The minimum atomic E-state index is -3.69. The van der Waals surface area contributed by atoms with Crippen LogP contribution in [0.3, 0.4) is 0 Å². The second-order valence-electron chi connectivity index (χ2n) is 5.37. The van der Waals surface area contributed by atoms with Gasteiger partial charge in [0.15, 0.2) is 0 Å². The Kier molecular flexibility index (Phi) is 5.06. The fraction of sp³-hybridized carbons (Fsp3) is 0.0556. The smallest absolute Gasteiger partial charge is 0.276 e. The fourth-order valence-electron chi connectivity index (χ4n) is 2.12. The average Bonchev–Trinajstić information content (AvgIpc) is 3.04. The molecule has 3 rings (SSSR count). The molecule has 128 valence electrons. The first-order chi connectivity index (χ1) is 11.9. The van der Waals surface area contributed by atoms with E-state index in [1.54, 1.807) is 24.3 Å². The highest BCUT2D eigenvalue weighted by atomic mass is 79.9. The Balaban J connectivity index is 1.70. The van der Waals surface area contributed by atoms with Crippen LogP contribution in [-0.4, -0.2) is 14.6 Å². The van der Waals surface area contributed by atoms with Gasteiger partial charge in [0.25, 0.3) is 10.0 Å². The van der Waals surface area contributed by atoms with Crippen LogP contribution in [0, 0.1) is 6.92 Å². The number of sulfonamides is 1. The van der Waals surface area contributed by atoms with E-state index in [-0.39, 0.29) is 4.90 Å². The lowest BCUT2D eigenvalue weighted by Gasteiger charge is -2.03. The van der Waals surface area contributed by atoms with E-state index in [2.05, 4.69) is 25.9 Å². The third-order valence-corrected chi connectivity index (χ3v) is 5.22. The molecule has 0 saturated carbocycles. The average molecular weight is 419 g/mol. The van der Waals surface area contributed by atoms with Crippen molar-refractivity contribution in [3.63, 3.8) is 0 Å². The summed E-state index contributed by atoms with van der Waals surface area (Å²) in [4.78, 5) is 2.33. The number of hydrazone groups is 1. The van der Waals surface area contributed by atoms with Gasteiger partial charge in [-0.25, -0.2) is 0 Å². The van der Waals surface area contributed by atoms with E-state index in [1.165, 1.54) is 18.3 Å². The van der Waals surface area contributed by atoms with Crippen molar-refractivity contribution in [1.29, 1.82) is 0 Å². The number of halogens is 1. The number of nitrogens with zero attached hydrogens (tertiary/aromatic N) is 1. The summed E-state index contributed by atoms with van der Waals surface area (Å²) in [7, 11) is -3.69. The van der Waals surface area contributed by atoms with Crippen LogP contribution in [0.1, 0.15) is 11.3 Å². The lowest BCUT2D eigenvalue weighted by molar-refractivity contribution is 0.573. The van der Waals surface area contributed by atoms with Crippen molar-refractivity contribution >= 4 is 32.2 Å². The highest BCUT2D eigenvalue weighted by Gasteiger charge is 2.12. The number of rotatable bonds is 5. The topological polar surface area (TPSA) is 71.7 Å². The predicted molar refractivity (Wildman–Crippen MR) is 101 cm³/mol. The molecule has 0 spiro atoms. The number of aryl methyl sites for hydroxylation is 1. The number of hydrogen-bond donors (Lipinski definition) is 1. The highest BCUT2D eigenvalue weighted by molar-refractivity contribution is 9.10. The normalized spacial score (nSPS) is 11.8. The van der Waals surface area contributed by atoms with Crippen LogP contribution in [0.15, 0.2) is 79.6 Å². The summed E-state index contributed by atoms with van der Waals surface area (Å²) < 4.78 is 30.9. The fourth-order valence-corrected chi connectivity index (χ4v) is 3.18. The van der Waals surface area contributed by atoms with E-state index in [1.807, 2.05) is 31.2 Å². The first-order valence-electron chi connectivity index (χ1n) is 7.41. The van der Waals surface area contributed by atoms with E-state index in [4.69, 9.17) is 4.42 Å². The Morgan fingerprint density at radius 3 is 2.36 bits per heavy atom. The Morgan fingerprint density at radius 1 is 1.00 bits per heavy atom. The molecular weight excluding hydrogens is 404 g/mol. The van der Waals surface area contributed by atoms with Crippen LogP contribution in [0.2, 0.25) is 0 Å². The number of hydrogen-bond acceptors (Lipinski definition) is 4. The minimum Gasteiger partial charge on any atom is -0.455 e. The molecule has 25 heavy (non-hydrogen) atoms. The Bertz CT molecular complexity index is 992. The van der Waals surface area contributed by atoms with Gasteiger partial charge in [-0.15, -0.1) is 0 Å². The SMILES string of the molecule is Cc1ccc(S(=O)(=O)NN=Cc2ccc(-c3ccc(Br)cc3)o2)cc1. The van der Waals surface area contributed by atoms with E-state index < -0.39 is 10.0 Å². The highest BCUT2D eigenvalue weighted by Crippen LogP contribution is 2.23. The summed E-state index contributed by atoms with van der Waals surface area (Å²) in [5.74, 6) is 1.12. The zero-order valence-corrected chi connectivity index (χ0v) is 15.7. The van der Waals surface area contributed by atoms with E-state index in [0.29, 0.717) is 11.5 Å². The summed E-state index contributed by atoms with van der Waals surface area (Å²) in [6.07, 6.45) is 1.33. The summed E-state index contributed by atoms with van der Waals surface area (Å²) >= 11 is 3.38. The standard InChI is InChI=1S/C18H15BrN2O3S/c1-13-2-9-17(10-3-13)25(22,23)21-20-12-16-8-11-18(24-16)14-4-6-15(19)7-5-14/h2-12,21H,1H3. The van der Waals surface area contributed by atoms with Crippen LogP contribution in [0.4, 0.5) is 0 Å². The molecule has 0 saturated heterocycles. The van der Waals surface area contributed by atoms with Gasteiger partial charge in [-0.05, 0) is 43.3 Å². The predicted octanol–water partition coefficient (Wildman–Crippen LogP) is 4.33. The molecule has 0 radical (unpaired) electrons. The van der Waals surface area contributed by atoms with Crippen molar-refractivity contribution in [1.82, 2.24) is 4.83 Å². The zero-order chi connectivity index (χ0) is 17.9. The van der Waals surface area contributed by atoms with Crippen LogP contribution >= 0.6 is 15.9 Å². The zero-order valence-electron chi connectivity index (χ0n) is 13.3. The van der Waals surface area contributed by atoms with Gasteiger partial charge in [0, 0.05) is 10.0 Å². The van der Waals surface area contributed by atoms with Crippen LogP contribution in [0.5, 0.6) is 0 Å². The van der Waals surface area contributed by atoms with Crippen molar-refractivity contribution in [2.45, 2.75) is 11.8 Å². The molecule has 0 fully saturated rings. The van der Waals surface area contributed by atoms with Gasteiger partial charge >= 0.3 is 0 Å². The van der Waals surface area contributed by atoms with Crippen molar-refractivity contribution in [2.24, 2.45) is 5.10 Å². The molecule has 0 aliphatic rings. The van der Waals surface area contributed by atoms with Crippen LogP contribution < -0.4 is 4.83 Å². The van der Waals surface area contributed by atoms with Gasteiger partial charge < -0.3 is 4.42 Å².